The maximum absolute atomic E-state index is 5.64. The molecule has 0 amide bonds. The van der Waals surface area contributed by atoms with Crippen molar-refractivity contribution in [3.8, 4) is 5.75 Å². The van der Waals surface area contributed by atoms with Gasteiger partial charge < -0.3 is 10.5 Å². The first kappa shape index (κ1) is 10.8. The SMILES string of the molecule is CCOc1ccccc1/C=C/C(C)N. The smallest absolute Gasteiger partial charge is 0.126 e. The Hall–Kier alpha value is -1.28. The van der Waals surface area contributed by atoms with Crippen LogP contribution in [0.5, 0.6) is 5.75 Å². The number of hydrogen-bond donors (Lipinski definition) is 1. The van der Waals surface area contributed by atoms with Gasteiger partial charge in [0.15, 0.2) is 0 Å². The Balaban J connectivity index is 2.84. The minimum Gasteiger partial charge on any atom is -0.493 e. The molecule has 1 atom stereocenters. The Morgan fingerprint density at radius 1 is 1.43 bits per heavy atom. The van der Waals surface area contributed by atoms with E-state index >= 15 is 0 Å². The van der Waals surface area contributed by atoms with Gasteiger partial charge >= 0.3 is 0 Å². The zero-order chi connectivity index (χ0) is 10.4. The van der Waals surface area contributed by atoms with Crippen LogP contribution in [-0.2, 0) is 0 Å². The van der Waals surface area contributed by atoms with Crippen LogP contribution in [-0.4, -0.2) is 12.6 Å². The average molecular weight is 191 g/mol. The molecule has 0 saturated carbocycles. The third kappa shape index (κ3) is 3.23. The first-order chi connectivity index (χ1) is 6.74. The third-order valence-electron chi connectivity index (χ3n) is 1.80. The highest BCUT2D eigenvalue weighted by Crippen LogP contribution is 2.19. The molecule has 0 aliphatic heterocycles. The van der Waals surface area contributed by atoms with E-state index in [4.69, 9.17) is 10.5 Å². The van der Waals surface area contributed by atoms with Gasteiger partial charge in [-0.2, -0.15) is 0 Å². The Labute approximate surface area is 85.4 Å². The van der Waals surface area contributed by atoms with Crippen LogP contribution in [0.4, 0.5) is 0 Å². The van der Waals surface area contributed by atoms with E-state index in [1.54, 1.807) is 0 Å². The molecule has 0 aliphatic carbocycles. The number of ether oxygens (including phenoxy) is 1. The fraction of sp³-hybridized carbons (Fsp3) is 0.333. The van der Waals surface area contributed by atoms with E-state index in [0.29, 0.717) is 6.61 Å². The van der Waals surface area contributed by atoms with Crippen molar-refractivity contribution >= 4 is 6.08 Å². The van der Waals surface area contributed by atoms with Gasteiger partial charge in [-0.25, -0.2) is 0 Å². The maximum atomic E-state index is 5.64. The summed E-state index contributed by atoms with van der Waals surface area (Å²) >= 11 is 0. The fourth-order valence-corrected chi connectivity index (χ4v) is 1.16. The topological polar surface area (TPSA) is 35.2 Å². The van der Waals surface area contributed by atoms with Crippen molar-refractivity contribution in [3.05, 3.63) is 35.9 Å². The number of rotatable bonds is 4. The summed E-state index contributed by atoms with van der Waals surface area (Å²) in [5, 5.41) is 0. The van der Waals surface area contributed by atoms with Crippen molar-refractivity contribution in [2.75, 3.05) is 6.61 Å². The van der Waals surface area contributed by atoms with E-state index in [-0.39, 0.29) is 6.04 Å². The first-order valence-corrected chi connectivity index (χ1v) is 4.89. The Bertz CT molecular complexity index is 305. The lowest BCUT2D eigenvalue weighted by Crippen LogP contribution is -2.09. The van der Waals surface area contributed by atoms with Gasteiger partial charge in [0.1, 0.15) is 5.75 Å². The van der Waals surface area contributed by atoms with Gasteiger partial charge in [-0.05, 0) is 19.9 Å². The van der Waals surface area contributed by atoms with Crippen LogP contribution >= 0.6 is 0 Å². The average Bonchev–Trinajstić information content (AvgIpc) is 2.17. The fourth-order valence-electron chi connectivity index (χ4n) is 1.16. The molecular formula is C12H17NO. The molecule has 0 radical (unpaired) electrons. The van der Waals surface area contributed by atoms with Crippen LogP contribution in [0.15, 0.2) is 30.3 Å². The molecule has 2 N–H and O–H groups in total. The van der Waals surface area contributed by atoms with Gasteiger partial charge in [-0.1, -0.05) is 30.4 Å². The molecule has 0 heterocycles. The Morgan fingerprint density at radius 2 is 2.14 bits per heavy atom. The highest BCUT2D eigenvalue weighted by atomic mass is 16.5. The van der Waals surface area contributed by atoms with Crippen molar-refractivity contribution in [1.29, 1.82) is 0 Å². The zero-order valence-corrected chi connectivity index (χ0v) is 8.73. The highest BCUT2D eigenvalue weighted by Gasteiger charge is 1.97. The summed E-state index contributed by atoms with van der Waals surface area (Å²) in [5.74, 6) is 0.909. The quantitative estimate of drug-likeness (QED) is 0.793. The summed E-state index contributed by atoms with van der Waals surface area (Å²) in [6, 6.07) is 8.01. The molecule has 14 heavy (non-hydrogen) atoms. The summed E-state index contributed by atoms with van der Waals surface area (Å²) < 4.78 is 5.48. The maximum Gasteiger partial charge on any atom is 0.126 e. The van der Waals surface area contributed by atoms with Crippen molar-refractivity contribution < 1.29 is 4.74 Å². The molecular weight excluding hydrogens is 174 g/mol. The lowest BCUT2D eigenvalue weighted by molar-refractivity contribution is 0.339. The lowest BCUT2D eigenvalue weighted by Gasteiger charge is -2.06. The van der Waals surface area contributed by atoms with Crippen molar-refractivity contribution in [1.82, 2.24) is 0 Å². The van der Waals surface area contributed by atoms with Crippen LogP contribution in [0, 0.1) is 0 Å². The van der Waals surface area contributed by atoms with Crippen LogP contribution in [0.1, 0.15) is 19.4 Å². The van der Waals surface area contributed by atoms with Crippen LogP contribution in [0.25, 0.3) is 6.08 Å². The van der Waals surface area contributed by atoms with E-state index in [2.05, 4.69) is 0 Å². The van der Waals surface area contributed by atoms with Gasteiger partial charge in [-0.15, -0.1) is 0 Å². The molecule has 0 saturated heterocycles. The summed E-state index contributed by atoms with van der Waals surface area (Å²) in [6.07, 6.45) is 3.95. The Morgan fingerprint density at radius 3 is 2.79 bits per heavy atom. The standard InChI is InChI=1S/C12H17NO/c1-3-14-12-7-5-4-6-11(12)9-8-10(2)13/h4-10H,3,13H2,1-2H3/b9-8+. The van der Waals surface area contributed by atoms with E-state index in [9.17, 15) is 0 Å². The molecule has 1 rings (SSSR count). The second-order valence-corrected chi connectivity index (χ2v) is 3.19. The Kier molecular flexibility index (Phi) is 4.20. The van der Waals surface area contributed by atoms with E-state index in [1.165, 1.54) is 0 Å². The minimum atomic E-state index is 0.0738. The van der Waals surface area contributed by atoms with E-state index < -0.39 is 0 Å². The van der Waals surface area contributed by atoms with E-state index in [1.807, 2.05) is 50.3 Å². The molecule has 2 nitrogen and oxygen atoms in total. The highest BCUT2D eigenvalue weighted by molar-refractivity contribution is 5.57. The van der Waals surface area contributed by atoms with Crippen molar-refractivity contribution in [2.24, 2.45) is 5.73 Å². The number of nitrogens with two attached hydrogens (primary N) is 1. The summed E-state index contributed by atoms with van der Waals surface area (Å²) in [7, 11) is 0. The van der Waals surface area contributed by atoms with Crippen LogP contribution in [0.3, 0.4) is 0 Å². The molecule has 0 bridgehead atoms. The normalized spacial score (nSPS) is 13.1. The van der Waals surface area contributed by atoms with Crippen molar-refractivity contribution in [3.63, 3.8) is 0 Å². The largest absolute Gasteiger partial charge is 0.493 e. The molecule has 1 aromatic rings. The van der Waals surface area contributed by atoms with E-state index in [0.717, 1.165) is 11.3 Å². The van der Waals surface area contributed by atoms with Gasteiger partial charge in [0.2, 0.25) is 0 Å². The number of benzene rings is 1. The predicted octanol–water partition coefficient (Wildman–Crippen LogP) is 2.45. The van der Waals surface area contributed by atoms with Crippen LogP contribution in [0.2, 0.25) is 0 Å². The van der Waals surface area contributed by atoms with Gasteiger partial charge in [0, 0.05) is 11.6 Å². The van der Waals surface area contributed by atoms with Gasteiger partial charge in [0.05, 0.1) is 6.61 Å². The third-order valence-corrected chi connectivity index (χ3v) is 1.80. The second kappa shape index (κ2) is 5.45. The number of hydrogen-bond acceptors (Lipinski definition) is 2. The molecule has 2 heteroatoms. The molecule has 0 aromatic heterocycles. The molecule has 1 aromatic carbocycles. The monoisotopic (exact) mass is 191 g/mol. The van der Waals surface area contributed by atoms with Gasteiger partial charge in [-0.3, -0.25) is 0 Å². The molecule has 0 spiro atoms. The summed E-state index contributed by atoms with van der Waals surface area (Å²) in [6.45, 7) is 4.61. The van der Waals surface area contributed by atoms with Gasteiger partial charge in [0.25, 0.3) is 0 Å². The minimum absolute atomic E-state index is 0.0738. The molecule has 76 valence electrons. The van der Waals surface area contributed by atoms with Crippen LogP contribution < -0.4 is 10.5 Å². The second-order valence-electron chi connectivity index (χ2n) is 3.19. The molecule has 0 fully saturated rings. The zero-order valence-electron chi connectivity index (χ0n) is 8.73. The summed E-state index contributed by atoms with van der Waals surface area (Å²) in [4.78, 5) is 0. The van der Waals surface area contributed by atoms with Crippen molar-refractivity contribution in [2.45, 2.75) is 19.9 Å². The lowest BCUT2D eigenvalue weighted by atomic mass is 10.1. The molecule has 0 aliphatic rings. The molecule has 1 unspecified atom stereocenters. The number of para-hydroxylation sites is 1. The first-order valence-electron chi connectivity index (χ1n) is 4.89. The predicted molar refractivity (Wildman–Crippen MR) is 60.3 cm³/mol. The summed E-state index contributed by atoms with van der Waals surface area (Å²) in [5.41, 5.74) is 6.71.